The van der Waals surface area contributed by atoms with Gasteiger partial charge in [-0.3, -0.25) is 14.2 Å². The molecule has 1 N–H and O–H groups in total. The van der Waals surface area contributed by atoms with Gasteiger partial charge in [-0.05, 0) is 31.4 Å². The Labute approximate surface area is 153 Å². The Morgan fingerprint density at radius 1 is 1.31 bits per heavy atom. The molecule has 0 spiro atoms. The first-order valence-electron chi connectivity index (χ1n) is 9.15. The number of para-hydroxylation sites is 1. The van der Waals surface area contributed by atoms with Crippen molar-refractivity contribution in [1.29, 1.82) is 0 Å². The van der Waals surface area contributed by atoms with Crippen molar-refractivity contribution in [3.8, 4) is 5.75 Å². The largest absolute Gasteiger partial charge is 0.484 e. The predicted molar refractivity (Wildman–Crippen MR) is 99.4 cm³/mol. The Hall–Kier alpha value is -2.63. The summed E-state index contributed by atoms with van der Waals surface area (Å²) in [7, 11) is 0. The Morgan fingerprint density at radius 2 is 2.08 bits per heavy atom. The summed E-state index contributed by atoms with van der Waals surface area (Å²) in [6, 6.07) is 9.20. The van der Waals surface area contributed by atoms with E-state index in [1.165, 1.54) is 17.4 Å². The normalized spacial score (nSPS) is 14.3. The van der Waals surface area contributed by atoms with Crippen LogP contribution in [0.1, 0.15) is 42.9 Å². The summed E-state index contributed by atoms with van der Waals surface area (Å²) in [5.74, 6) is 0.915. The molecule has 0 unspecified atom stereocenters. The molecule has 1 aliphatic carbocycles. The summed E-state index contributed by atoms with van der Waals surface area (Å²) >= 11 is 0. The average molecular weight is 355 g/mol. The summed E-state index contributed by atoms with van der Waals surface area (Å²) in [5, 5.41) is 2.77. The average Bonchev–Trinajstić information content (AvgIpc) is 3.17. The molecule has 0 radical (unpaired) electrons. The summed E-state index contributed by atoms with van der Waals surface area (Å²) in [6.45, 7) is 2.65. The van der Waals surface area contributed by atoms with Crippen molar-refractivity contribution >= 4 is 5.91 Å². The van der Waals surface area contributed by atoms with E-state index in [-0.39, 0.29) is 18.1 Å². The molecule has 6 heteroatoms. The van der Waals surface area contributed by atoms with Crippen LogP contribution in [-0.2, 0) is 11.3 Å². The predicted octanol–water partition coefficient (Wildman–Crippen LogP) is 2.40. The van der Waals surface area contributed by atoms with Crippen LogP contribution in [0.5, 0.6) is 5.75 Å². The third-order valence-electron chi connectivity index (χ3n) is 4.80. The van der Waals surface area contributed by atoms with Crippen molar-refractivity contribution in [2.45, 2.75) is 45.1 Å². The lowest BCUT2D eigenvalue weighted by molar-refractivity contribution is -0.123. The number of amides is 1. The molecular weight excluding hydrogens is 330 g/mol. The lowest BCUT2D eigenvalue weighted by Gasteiger charge is -2.11. The number of nitrogens with one attached hydrogen (secondary N) is 1. The third kappa shape index (κ3) is 4.71. The van der Waals surface area contributed by atoms with Gasteiger partial charge in [0.05, 0.1) is 12.0 Å². The molecule has 0 saturated heterocycles. The van der Waals surface area contributed by atoms with Gasteiger partial charge in [0.15, 0.2) is 6.61 Å². The first-order chi connectivity index (χ1) is 12.6. The number of carbonyl (C=O) groups excluding carboxylic acids is 1. The van der Waals surface area contributed by atoms with Gasteiger partial charge in [0.1, 0.15) is 5.75 Å². The lowest BCUT2D eigenvalue weighted by Crippen LogP contribution is -2.34. The molecule has 0 bridgehead atoms. The molecule has 1 heterocycles. The van der Waals surface area contributed by atoms with Crippen LogP contribution in [0, 0.1) is 6.92 Å². The minimum absolute atomic E-state index is 0.0430. The minimum atomic E-state index is -0.211. The topological polar surface area (TPSA) is 73.2 Å². The molecule has 2 aromatic rings. The summed E-state index contributed by atoms with van der Waals surface area (Å²) in [6.07, 6.45) is 6.25. The van der Waals surface area contributed by atoms with Gasteiger partial charge in [-0.15, -0.1) is 0 Å². The van der Waals surface area contributed by atoms with Gasteiger partial charge in [0, 0.05) is 25.1 Å². The zero-order chi connectivity index (χ0) is 18.4. The molecule has 6 nitrogen and oxygen atoms in total. The molecule has 1 aliphatic rings. The fraction of sp³-hybridized carbons (Fsp3) is 0.450. The minimum Gasteiger partial charge on any atom is -0.484 e. The standard InChI is InChI=1S/C20H25N3O3/c1-15-6-2-5-9-18(15)26-13-19(24)21-10-11-23-14-22-17(12-20(23)25)16-7-3-4-8-16/h2,5-6,9,12,14,16H,3-4,7-8,10-11,13H2,1H3,(H,21,24). The number of hydrogen-bond donors (Lipinski definition) is 1. The molecule has 26 heavy (non-hydrogen) atoms. The zero-order valence-electron chi connectivity index (χ0n) is 15.1. The SMILES string of the molecule is Cc1ccccc1OCC(=O)NCCn1cnc(C2CCCC2)cc1=O. The molecule has 3 rings (SSSR count). The van der Waals surface area contributed by atoms with E-state index >= 15 is 0 Å². The second-order valence-electron chi connectivity index (χ2n) is 6.73. The van der Waals surface area contributed by atoms with E-state index in [2.05, 4.69) is 10.3 Å². The third-order valence-corrected chi connectivity index (χ3v) is 4.80. The summed E-state index contributed by atoms with van der Waals surface area (Å²) in [5.41, 5.74) is 1.83. The van der Waals surface area contributed by atoms with Gasteiger partial charge in [0.25, 0.3) is 11.5 Å². The smallest absolute Gasteiger partial charge is 0.258 e. The maximum absolute atomic E-state index is 12.2. The number of hydrogen-bond acceptors (Lipinski definition) is 4. The van der Waals surface area contributed by atoms with Crippen molar-refractivity contribution in [1.82, 2.24) is 14.9 Å². The van der Waals surface area contributed by atoms with Crippen LogP contribution in [0.15, 0.2) is 41.5 Å². The van der Waals surface area contributed by atoms with Crippen LogP contribution in [0.3, 0.4) is 0 Å². The van der Waals surface area contributed by atoms with E-state index in [9.17, 15) is 9.59 Å². The monoisotopic (exact) mass is 355 g/mol. The Bertz CT molecular complexity index is 810. The highest BCUT2D eigenvalue weighted by molar-refractivity contribution is 5.77. The van der Waals surface area contributed by atoms with Crippen molar-refractivity contribution in [2.24, 2.45) is 0 Å². The number of aromatic nitrogens is 2. The Morgan fingerprint density at radius 3 is 2.81 bits per heavy atom. The van der Waals surface area contributed by atoms with Crippen molar-refractivity contribution < 1.29 is 9.53 Å². The van der Waals surface area contributed by atoms with Crippen LogP contribution < -0.4 is 15.6 Å². The number of ether oxygens (including phenoxy) is 1. The van der Waals surface area contributed by atoms with E-state index < -0.39 is 0 Å². The van der Waals surface area contributed by atoms with Crippen LogP contribution in [-0.4, -0.2) is 28.6 Å². The molecule has 0 aliphatic heterocycles. The molecule has 138 valence electrons. The van der Waals surface area contributed by atoms with Crippen molar-refractivity contribution in [3.63, 3.8) is 0 Å². The van der Waals surface area contributed by atoms with E-state index in [0.717, 1.165) is 24.1 Å². The highest BCUT2D eigenvalue weighted by Gasteiger charge is 2.18. The molecule has 0 atom stereocenters. The Kier molecular flexibility index (Phi) is 6.04. The van der Waals surface area contributed by atoms with Gasteiger partial charge >= 0.3 is 0 Å². The van der Waals surface area contributed by atoms with Gasteiger partial charge < -0.3 is 10.1 Å². The van der Waals surface area contributed by atoms with Gasteiger partial charge in [-0.2, -0.15) is 0 Å². The summed E-state index contributed by atoms with van der Waals surface area (Å²) in [4.78, 5) is 28.5. The number of rotatable bonds is 7. The number of aryl methyl sites for hydroxylation is 1. The Balaban J connectivity index is 1.45. The van der Waals surface area contributed by atoms with Crippen LogP contribution in [0.25, 0.3) is 0 Å². The first-order valence-corrected chi connectivity index (χ1v) is 9.15. The molecule has 1 fully saturated rings. The zero-order valence-corrected chi connectivity index (χ0v) is 15.1. The van der Waals surface area contributed by atoms with Gasteiger partial charge in [-0.1, -0.05) is 31.0 Å². The highest BCUT2D eigenvalue weighted by Crippen LogP contribution is 2.32. The van der Waals surface area contributed by atoms with Crippen LogP contribution >= 0.6 is 0 Å². The van der Waals surface area contributed by atoms with Gasteiger partial charge in [0.2, 0.25) is 0 Å². The van der Waals surface area contributed by atoms with Crippen molar-refractivity contribution in [2.75, 3.05) is 13.2 Å². The van der Waals surface area contributed by atoms with Crippen LogP contribution in [0.4, 0.5) is 0 Å². The second kappa shape index (κ2) is 8.65. The van der Waals surface area contributed by atoms with E-state index in [4.69, 9.17) is 4.74 Å². The van der Waals surface area contributed by atoms with Gasteiger partial charge in [-0.25, -0.2) is 4.98 Å². The first kappa shape index (κ1) is 18.2. The molecule has 1 aromatic heterocycles. The van der Waals surface area contributed by atoms with E-state index in [0.29, 0.717) is 24.8 Å². The molecule has 1 amide bonds. The maximum atomic E-state index is 12.2. The number of carbonyl (C=O) groups is 1. The highest BCUT2D eigenvalue weighted by atomic mass is 16.5. The number of benzene rings is 1. The van der Waals surface area contributed by atoms with E-state index in [1.807, 2.05) is 31.2 Å². The second-order valence-corrected chi connectivity index (χ2v) is 6.73. The number of nitrogens with zero attached hydrogens (tertiary/aromatic N) is 2. The lowest BCUT2D eigenvalue weighted by atomic mass is 10.0. The fourth-order valence-corrected chi connectivity index (χ4v) is 3.28. The molecule has 1 saturated carbocycles. The van der Waals surface area contributed by atoms with Crippen molar-refractivity contribution in [3.05, 3.63) is 58.3 Å². The molecular formula is C20H25N3O3. The van der Waals surface area contributed by atoms with Crippen LogP contribution in [0.2, 0.25) is 0 Å². The summed E-state index contributed by atoms with van der Waals surface area (Å²) < 4.78 is 7.03. The van der Waals surface area contributed by atoms with E-state index in [1.54, 1.807) is 12.4 Å². The maximum Gasteiger partial charge on any atom is 0.258 e. The quantitative estimate of drug-likeness (QED) is 0.828. The fourth-order valence-electron chi connectivity index (χ4n) is 3.28. The molecule has 1 aromatic carbocycles.